The van der Waals surface area contributed by atoms with E-state index in [-0.39, 0.29) is 12.8 Å². The lowest BCUT2D eigenvalue weighted by Crippen LogP contribution is -2.23. The summed E-state index contributed by atoms with van der Waals surface area (Å²) in [6.45, 7) is 2.13. The van der Waals surface area contributed by atoms with Gasteiger partial charge in [0.1, 0.15) is 0 Å². The molecule has 25 heavy (non-hydrogen) atoms. The number of aliphatic hydroxyl groups excluding tert-OH is 3. The minimum absolute atomic E-state index is 0.0149. The third-order valence-corrected chi connectivity index (χ3v) is 3.59. The highest BCUT2D eigenvalue weighted by molar-refractivity contribution is 5.66. The predicted octanol–water partition coefficient (Wildman–Crippen LogP) is 3.13. The van der Waals surface area contributed by atoms with Crippen molar-refractivity contribution >= 4 is 5.97 Å². The van der Waals surface area contributed by atoms with E-state index in [4.69, 9.17) is 5.11 Å². The van der Waals surface area contributed by atoms with Crippen molar-refractivity contribution in [3.8, 4) is 0 Å². The number of rotatable bonds is 14. The molecule has 4 N–H and O–H groups in total. The first kappa shape index (κ1) is 23.3. The van der Waals surface area contributed by atoms with Gasteiger partial charge in [0.2, 0.25) is 0 Å². The molecule has 0 saturated carbocycles. The lowest BCUT2D eigenvalue weighted by Gasteiger charge is -2.13. The maximum atomic E-state index is 10.4. The summed E-state index contributed by atoms with van der Waals surface area (Å²) in [5.74, 6) is -0.908. The molecule has 0 aromatic carbocycles. The van der Waals surface area contributed by atoms with Gasteiger partial charge in [0, 0.05) is 6.42 Å². The van der Waals surface area contributed by atoms with Crippen LogP contribution in [0.15, 0.2) is 48.6 Å². The van der Waals surface area contributed by atoms with Gasteiger partial charge in [-0.1, -0.05) is 74.8 Å². The Morgan fingerprint density at radius 1 is 0.840 bits per heavy atom. The fraction of sp³-hybridized carbons (Fsp3) is 0.550. The molecule has 0 heterocycles. The zero-order valence-corrected chi connectivity index (χ0v) is 15.0. The van der Waals surface area contributed by atoms with Crippen LogP contribution in [0, 0.1) is 0 Å². The van der Waals surface area contributed by atoms with E-state index in [1.807, 2.05) is 6.08 Å². The summed E-state index contributed by atoms with van der Waals surface area (Å²) in [6, 6.07) is 0. The molecule has 0 aliphatic carbocycles. The largest absolute Gasteiger partial charge is 0.481 e. The van der Waals surface area contributed by atoms with Crippen LogP contribution in [-0.4, -0.2) is 44.7 Å². The Balaban J connectivity index is 3.97. The molecule has 142 valence electrons. The highest BCUT2D eigenvalue weighted by atomic mass is 16.4. The number of carboxylic acid groups (broad SMARTS) is 1. The lowest BCUT2D eigenvalue weighted by atomic mass is 10.1. The Bertz CT molecular complexity index is 451. The second-order valence-electron chi connectivity index (χ2n) is 5.95. The summed E-state index contributed by atoms with van der Waals surface area (Å²) in [7, 11) is 0. The van der Waals surface area contributed by atoms with Crippen LogP contribution in [0.5, 0.6) is 0 Å². The Morgan fingerprint density at radius 2 is 1.44 bits per heavy atom. The van der Waals surface area contributed by atoms with Crippen LogP contribution in [0.2, 0.25) is 0 Å². The first-order chi connectivity index (χ1) is 12.0. The molecule has 0 aromatic rings. The Morgan fingerprint density at radius 3 is 2.04 bits per heavy atom. The molecule has 0 aromatic heterocycles. The van der Waals surface area contributed by atoms with Gasteiger partial charge in [-0.3, -0.25) is 4.79 Å². The van der Waals surface area contributed by atoms with Crippen molar-refractivity contribution in [2.24, 2.45) is 0 Å². The van der Waals surface area contributed by atoms with Crippen molar-refractivity contribution < 1.29 is 25.2 Å². The highest BCUT2D eigenvalue weighted by Gasteiger charge is 2.12. The summed E-state index contributed by atoms with van der Waals surface area (Å²) in [4.78, 5) is 10.4. The molecule has 5 heteroatoms. The molecule has 0 aliphatic heterocycles. The van der Waals surface area contributed by atoms with E-state index in [0.29, 0.717) is 6.42 Å². The average Bonchev–Trinajstić information content (AvgIpc) is 2.56. The van der Waals surface area contributed by atoms with Crippen LogP contribution < -0.4 is 0 Å². The van der Waals surface area contributed by atoms with E-state index < -0.39 is 24.3 Å². The number of hydrogen-bond donors (Lipinski definition) is 4. The molecule has 0 rings (SSSR count). The number of hydrogen-bond acceptors (Lipinski definition) is 4. The Kier molecular flexibility index (Phi) is 14.7. The summed E-state index contributed by atoms with van der Waals surface area (Å²) >= 11 is 0. The van der Waals surface area contributed by atoms with E-state index in [0.717, 1.165) is 25.7 Å². The highest BCUT2D eigenvalue weighted by Crippen LogP contribution is 2.06. The summed E-state index contributed by atoms with van der Waals surface area (Å²) < 4.78 is 0. The third kappa shape index (κ3) is 15.6. The van der Waals surface area contributed by atoms with Crippen molar-refractivity contribution in [2.45, 2.75) is 70.2 Å². The molecule has 0 bridgehead atoms. The first-order valence-corrected chi connectivity index (χ1v) is 8.91. The normalized spacial score (nSPS) is 16.3. The van der Waals surface area contributed by atoms with Crippen LogP contribution in [0.3, 0.4) is 0 Å². The molecule has 5 nitrogen and oxygen atoms in total. The molecule has 3 atom stereocenters. The van der Waals surface area contributed by atoms with Gasteiger partial charge in [0.15, 0.2) is 0 Å². The van der Waals surface area contributed by atoms with E-state index >= 15 is 0 Å². The molecule has 0 spiro atoms. The van der Waals surface area contributed by atoms with Gasteiger partial charge in [-0.05, 0) is 19.3 Å². The standard InChI is InChI=1S/C20H32O5/c1-2-3-8-12-17(21)13-9-6-4-5-7-10-14-18(22)19(23)15-11-16-20(24)25/h4-7,9-10,13-14,17-19,21-23H,2-3,8,11-12,15-16H2,1H3,(H,24,25)/b6-4-,7-5+,13-9+,14-10+/t17-,18-,19+/m0/s1. The Labute approximate surface area is 150 Å². The third-order valence-electron chi connectivity index (χ3n) is 3.59. The SMILES string of the molecule is CCCCC[C@H](O)/C=C/C=C\C=C\C=C\[C@H](O)[C@H](O)CCCC(=O)O. The minimum Gasteiger partial charge on any atom is -0.481 e. The predicted molar refractivity (Wildman–Crippen MR) is 100 cm³/mol. The quantitative estimate of drug-likeness (QED) is 0.284. The number of allylic oxidation sites excluding steroid dienone is 6. The van der Waals surface area contributed by atoms with Crippen molar-refractivity contribution in [3.05, 3.63) is 48.6 Å². The maximum absolute atomic E-state index is 10.4. The number of unbranched alkanes of at least 4 members (excludes halogenated alkanes) is 2. The van der Waals surface area contributed by atoms with Crippen LogP contribution >= 0.6 is 0 Å². The number of carbonyl (C=O) groups is 1. The first-order valence-electron chi connectivity index (χ1n) is 8.91. The summed E-state index contributed by atoms with van der Waals surface area (Å²) in [5.41, 5.74) is 0. The van der Waals surface area contributed by atoms with Crippen molar-refractivity contribution in [3.63, 3.8) is 0 Å². The topological polar surface area (TPSA) is 98.0 Å². The van der Waals surface area contributed by atoms with Gasteiger partial charge in [0.05, 0.1) is 18.3 Å². The molecule has 0 fully saturated rings. The van der Waals surface area contributed by atoms with Crippen LogP contribution in [0.25, 0.3) is 0 Å². The fourth-order valence-corrected chi connectivity index (χ4v) is 2.09. The summed E-state index contributed by atoms with van der Waals surface area (Å²) in [5, 5.41) is 37.6. The van der Waals surface area contributed by atoms with Gasteiger partial charge < -0.3 is 20.4 Å². The summed E-state index contributed by atoms with van der Waals surface area (Å²) in [6.07, 6.45) is 16.0. The number of carboxylic acids is 1. The van der Waals surface area contributed by atoms with Gasteiger partial charge >= 0.3 is 5.97 Å². The van der Waals surface area contributed by atoms with Gasteiger partial charge in [-0.25, -0.2) is 0 Å². The Hall–Kier alpha value is -1.69. The van der Waals surface area contributed by atoms with Gasteiger partial charge in [0.25, 0.3) is 0 Å². The van der Waals surface area contributed by atoms with Crippen molar-refractivity contribution in [1.29, 1.82) is 0 Å². The zero-order valence-electron chi connectivity index (χ0n) is 15.0. The fourth-order valence-electron chi connectivity index (χ4n) is 2.09. The second kappa shape index (κ2) is 15.8. The van der Waals surface area contributed by atoms with E-state index in [1.54, 1.807) is 36.5 Å². The van der Waals surface area contributed by atoms with Gasteiger partial charge in [-0.15, -0.1) is 0 Å². The number of aliphatic hydroxyl groups is 3. The molecular formula is C20H32O5. The monoisotopic (exact) mass is 352 g/mol. The van der Waals surface area contributed by atoms with E-state index in [1.165, 1.54) is 6.08 Å². The van der Waals surface area contributed by atoms with Gasteiger partial charge in [-0.2, -0.15) is 0 Å². The molecule has 0 aliphatic rings. The maximum Gasteiger partial charge on any atom is 0.303 e. The average molecular weight is 352 g/mol. The molecule has 0 radical (unpaired) electrons. The molecular weight excluding hydrogens is 320 g/mol. The molecule has 0 saturated heterocycles. The van der Waals surface area contributed by atoms with Crippen LogP contribution in [-0.2, 0) is 4.79 Å². The zero-order chi connectivity index (χ0) is 18.9. The van der Waals surface area contributed by atoms with Crippen molar-refractivity contribution in [2.75, 3.05) is 0 Å². The van der Waals surface area contributed by atoms with Crippen LogP contribution in [0.4, 0.5) is 0 Å². The van der Waals surface area contributed by atoms with E-state index in [2.05, 4.69) is 6.92 Å². The smallest absolute Gasteiger partial charge is 0.303 e. The minimum atomic E-state index is -1.01. The van der Waals surface area contributed by atoms with Crippen LogP contribution in [0.1, 0.15) is 51.9 Å². The van der Waals surface area contributed by atoms with E-state index in [9.17, 15) is 20.1 Å². The van der Waals surface area contributed by atoms with Crippen molar-refractivity contribution in [1.82, 2.24) is 0 Å². The molecule has 0 unspecified atom stereocenters. The second-order valence-corrected chi connectivity index (χ2v) is 5.95. The molecule has 0 amide bonds. The lowest BCUT2D eigenvalue weighted by molar-refractivity contribution is -0.137. The number of aliphatic carboxylic acids is 1.